The molecule has 4 heteroatoms. The number of nitrogens with zero attached hydrogens (tertiary/aromatic N) is 1. The summed E-state index contributed by atoms with van der Waals surface area (Å²) in [5.41, 5.74) is 2.44. The zero-order valence-corrected chi connectivity index (χ0v) is 12.2. The molecule has 1 aromatic carbocycles. The molecule has 2 aliphatic rings. The van der Waals surface area contributed by atoms with Crippen molar-refractivity contribution in [1.82, 2.24) is 0 Å². The van der Waals surface area contributed by atoms with Crippen LogP contribution in [-0.4, -0.2) is 11.1 Å². The molecule has 0 amide bonds. The first-order valence-corrected chi connectivity index (χ1v) is 7.54. The Morgan fingerprint density at radius 3 is 2.68 bits per heavy atom. The third-order valence-electron chi connectivity index (χ3n) is 4.18. The molecule has 1 atom stereocenters. The van der Waals surface area contributed by atoms with Gasteiger partial charge in [0.05, 0.1) is 0 Å². The molecule has 0 bridgehead atoms. The largest absolute Gasteiger partial charge is 0.422 e. The molecule has 0 radical (unpaired) electrons. The van der Waals surface area contributed by atoms with Gasteiger partial charge in [-0.25, -0.2) is 4.79 Å². The summed E-state index contributed by atoms with van der Waals surface area (Å²) in [7, 11) is 0. The molecule has 1 N–H and O–H groups in total. The number of fused-ring (bicyclic) bond motifs is 1. The van der Waals surface area contributed by atoms with Gasteiger partial charge in [-0.05, 0) is 42.9 Å². The van der Waals surface area contributed by atoms with Crippen molar-refractivity contribution in [3.63, 3.8) is 0 Å². The normalized spacial score (nSPS) is 19.9. The number of rotatable bonds is 2. The summed E-state index contributed by atoms with van der Waals surface area (Å²) in [6.07, 6.45) is 5.47. The van der Waals surface area contributed by atoms with Crippen LogP contribution in [0.2, 0.25) is 0 Å². The molecule has 22 heavy (non-hydrogen) atoms. The van der Waals surface area contributed by atoms with Crippen LogP contribution < -0.4 is 0 Å². The van der Waals surface area contributed by atoms with Crippen LogP contribution in [0.5, 0.6) is 0 Å². The number of carbonyl (C=O) groups excluding carboxylic acids is 1. The summed E-state index contributed by atoms with van der Waals surface area (Å²) in [5, 5.41) is 19.3. The Kier molecular flexibility index (Phi) is 4.08. The summed E-state index contributed by atoms with van der Waals surface area (Å²) in [6, 6.07) is 9.23. The third-order valence-corrected chi connectivity index (χ3v) is 4.18. The lowest BCUT2D eigenvalue weighted by atomic mass is 9.91. The van der Waals surface area contributed by atoms with Crippen LogP contribution in [-0.2, 0) is 9.53 Å². The van der Waals surface area contributed by atoms with Crippen molar-refractivity contribution in [1.29, 1.82) is 5.26 Å². The minimum atomic E-state index is -0.771. The summed E-state index contributed by atoms with van der Waals surface area (Å²) in [6.45, 7) is 0. The fourth-order valence-electron chi connectivity index (χ4n) is 3.04. The topological polar surface area (TPSA) is 70.3 Å². The smallest absolute Gasteiger partial charge is 0.354 e. The molecular formula is C18H17NO3. The summed E-state index contributed by atoms with van der Waals surface area (Å²) >= 11 is 0. The predicted octanol–water partition coefficient (Wildman–Crippen LogP) is 3.40. The number of aliphatic hydroxyl groups excluding tert-OH is 1. The summed E-state index contributed by atoms with van der Waals surface area (Å²) in [5.74, 6) is -0.285. The molecule has 1 unspecified atom stereocenters. The first kappa shape index (κ1) is 14.6. The van der Waals surface area contributed by atoms with Crippen molar-refractivity contribution >= 4 is 11.7 Å². The number of hydrogen-bond acceptors (Lipinski definition) is 4. The van der Waals surface area contributed by atoms with Crippen molar-refractivity contribution in [2.24, 2.45) is 0 Å². The predicted molar refractivity (Wildman–Crippen MR) is 81.2 cm³/mol. The highest BCUT2D eigenvalue weighted by Gasteiger charge is 2.26. The molecule has 4 nitrogen and oxygen atoms in total. The van der Waals surface area contributed by atoms with Crippen molar-refractivity contribution in [3.8, 4) is 6.07 Å². The van der Waals surface area contributed by atoms with Gasteiger partial charge in [0, 0.05) is 5.56 Å². The minimum absolute atomic E-state index is 0.125. The average molecular weight is 295 g/mol. The Labute approximate surface area is 129 Å². The molecule has 0 heterocycles. The second kappa shape index (κ2) is 6.17. The standard InChI is InChI=1S/C18H17NO3/c19-11-15(12-6-2-1-3-7-12)18(21)22-17-10-16(20)13-8-4-5-9-14(13)17/h4-5,8-10,16,20H,1-3,6-7H2. The number of allylic oxidation sites excluding steroid dienone is 1. The lowest BCUT2D eigenvalue weighted by Gasteiger charge is -2.15. The lowest BCUT2D eigenvalue weighted by molar-refractivity contribution is -0.131. The van der Waals surface area contributed by atoms with Crippen molar-refractivity contribution < 1.29 is 14.6 Å². The molecular weight excluding hydrogens is 278 g/mol. The highest BCUT2D eigenvalue weighted by atomic mass is 16.5. The van der Waals surface area contributed by atoms with Gasteiger partial charge in [-0.3, -0.25) is 0 Å². The highest BCUT2D eigenvalue weighted by molar-refractivity contribution is 5.97. The van der Waals surface area contributed by atoms with E-state index in [1.807, 2.05) is 18.2 Å². The maximum Gasteiger partial charge on any atom is 0.354 e. The van der Waals surface area contributed by atoms with E-state index < -0.39 is 12.1 Å². The Bertz CT molecular complexity index is 701. The van der Waals surface area contributed by atoms with E-state index in [2.05, 4.69) is 0 Å². The highest BCUT2D eigenvalue weighted by Crippen LogP contribution is 2.35. The van der Waals surface area contributed by atoms with E-state index in [4.69, 9.17) is 4.74 Å². The van der Waals surface area contributed by atoms with Gasteiger partial charge in [0.15, 0.2) is 0 Å². The van der Waals surface area contributed by atoms with Gasteiger partial charge in [-0.15, -0.1) is 0 Å². The van der Waals surface area contributed by atoms with Crippen molar-refractivity contribution in [3.05, 3.63) is 52.6 Å². The monoisotopic (exact) mass is 295 g/mol. The molecule has 1 saturated carbocycles. The van der Waals surface area contributed by atoms with Gasteiger partial charge in [0.2, 0.25) is 0 Å². The lowest BCUT2D eigenvalue weighted by Crippen LogP contribution is -2.10. The van der Waals surface area contributed by atoms with E-state index in [1.54, 1.807) is 12.1 Å². The second-order valence-electron chi connectivity index (χ2n) is 5.60. The number of esters is 1. The zero-order chi connectivity index (χ0) is 15.5. The minimum Gasteiger partial charge on any atom is -0.422 e. The molecule has 0 aromatic heterocycles. The second-order valence-corrected chi connectivity index (χ2v) is 5.60. The molecule has 1 aromatic rings. The van der Waals surface area contributed by atoms with Crippen LogP contribution in [0.4, 0.5) is 0 Å². The van der Waals surface area contributed by atoms with Gasteiger partial charge < -0.3 is 9.84 Å². The van der Waals surface area contributed by atoms with E-state index in [0.29, 0.717) is 16.9 Å². The third kappa shape index (κ3) is 2.68. The number of hydrogen-bond donors (Lipinski definition) is 1. The van der Waals surface area contributed by atoms with E-state index >= 15 is 0 Å². The molecule has 0 spiro atoms. The van der Waals surface area contributed by atoms with E-state index in [0.717, 1.165) is 37.7 Å². The Hall–Kier alpha value is -2.38. The summed E-state index contributed by atoms with van der Waals surface area (Å²) in [4.78, 5) is 12.3. The maximum atomic E-state index is 12.3. The van der Waals surface area contributed by atoms with Gasteiger partial charge in [0.1, 0.15) is 23.5 Å². The van der Waals surface area contributed by atoms with E-state index in [-0.39, 0.29) is 5.57 Å². The number of ether oxygens (including phenoxy) is 1. The van der Waals surface area contributed by atoms with E-state index in [9.17, 15) is 15.2 Å². The molecule has 0 aliphatic heterocycles. The van der Waals surface area contributed by atoms with Crippen LogP contribution in [0.1, 0.15) is 49.3 Å². The van der Waals surface area contributed by atoms with Crippen LogP contribution in [0.3, 0.4) is 0 Å². The van der Waals surface area contributed by atoms with Crippen LogP contribution in [0, 0.1) is 11.3 Å². The molecule has 112 valence electrons. The van der Waals surface area contributed by atoms with E-state index in [1.165, 1.54) is 6.08 Å². The fraction of sp³-hybridized carbons (Fsp3) is 0.333. The SMILES string of the molecule is N#CC(C(=O)OC1=CC(O)c2ccccc21)=C1CCCCC1. The fourth-order valence-corrected chi connectivity index (χ4v) is 3.04. The maximum absolute atomic E-state index is 12.3. The number of carbonyl (C=O) groups is 1. The van der Waals surface area contributed by atoms with Gasteiger partial charge in [-0.2, -0.15) is 5.26 Å². The first-order chi connectivity index (χ1) is 10.7. The first-order valence-electron chi connectivity index (χ1n) is 7.54. The zero-order valence-electron chi connectivity index (χ0n) is 12.2. The Morgan fingerprint density at radius 2 is 1.95 bits per heavy atom. The molecule has 1 fully saturated rings. The number of aliphatic hydroxyl groups is 1. The van der Waals surface area contributed by atoms with Crippen molar-refractivity contribution in [2.45, 2.75) is 38.2 Å². The van der Waals surface area contributed by atoms with Gasteiger partial charge >= 0.3 is 5.97 Å². The van der Waals surface area contributed by atoms with Gasteiger partial charge in [-0.1, -0.05) is 30.7 Å². The number of nitriles is 1. The summed E-state index contributed by atoms with van der Waals surface area (Å²) < 4.78 is 5.40. The molecule has 0 saturated heterocycles. The van der Waals surface area contributed by atoms with Gasteiger partial charge in [0.25, 0.3) is 0 Å². The van der Waals surface area contributed by atoms with Crippen molar-refractivity contribution in [2.75, 3.05) is 0 Å². The van der Waals surface area contributed by atoms with Crippen LogP contribution >= 0.6 is 0 Å². The van der Waals surface area contributed by atoms with Crippen LogP contribution in [0.15, 0.2) is 41.5 Å². The Morgan fingerprint density at radius 1 is 1.23 bits per heavy atom. The average Bonchev–Trinajstić information content (AvgIpc) is 2.86. The molecule has 2 aliphatic carbocycles. The number of benzene rings is 1. The van der Waals surface area contributed by atoms with Crippen LogP contribution in [0.25, 0.3) is 5.76 Å². The Balaban J connectivity index is 1.83. The molecule has 3 rings (SSSR count). The quantitative estimate of drug-likeness (QED) is 0.515.